The Morgan fingerprint density at radius 1 is 1.20 bits per heavy atom. The van der Waals surface area contributed by atoms with Gasteiger partial charge in [-0.15, -0.1) is 0 Å². The number of nitrogens with two attached hydrogens (primary N) is 1. The van der Waals surface area contributed by atoms with Gasteiger partial charge >= 0.3 is 0 Å². The number of aliphatic hydroxyl groups excluding tert-OH is 1. The summed E-state index contributed by atoms with van der Waals surface area (Å²) >= 11 is 0. The van der Waals surface area contributed by atoms with Gasteiger partial charge in [-0.1, -0.05) is 39.3 Å². The molecule has 0 spiro atoms. The topological polar surface area (TPSA) is 46.2 Å². The average Bonchev–Trinajstić information content (AvgIpc) is 2.20. The maximum Gasteiger partial charge on any atom is 0.0681 e. The summed E-state index contributed by atoms with van der Waals surface area (Å²) in [5.74, 6) is 0.884. The van der Waals surface area contributed by atoms with E-state index < -0.39 is 0 Å². The molecule has 83 valence electrons. The Morgan fingerprint density at radius 2 is 1.60 bits per heavy atom. The van der Waals surface area contributed by atoms with E-state index in [9.17, 15) is 0 Å². The largest absolute Gasteiger partial charge is 0.399 e. The van der Waals surface area contributed by atoms with Crippen molar-refractivity contribution < 1.29 is 37.8 Å². The Bertz CT molecular complexity index is 234. The van der Waals surface area contributed by atoms with Crippen LogP contribution in [0.15, 0.2) is 24.3 Å². The minimum atomic E-state index is 0. The van der Waals surface area contributed by atoms with Gasteiger partial charge in [-0.2, -0.15) is 0 Å². The van der Waals surface area contributed by atoms with E-state index in [0.717, 1.165) is 17.2 Å². The smallest absolute Gasteiger partial charge is 0.0681 e. The Balaban J connectivity index is 0. The second-order valence-corrected chi connectivity index (χ2v) is 3.70. The molecule has 0 fully saturated rings. The normalized spacial score (nSPS) is 8.87. The van der Waals surface area contributed by atoms with Crippen LogP contribution in [0.3, 0.4) is 0 Å². The zero-order valence-corrected chi connectivity index (χ0v) is 12.7. The minimum absolute atomic E-state index is 0. The molecule has 0 heterocycles. The Hall–Kier alpha value is 0.0839. The summed E-state index contributed by atoms with van der Waals surface area (Å²) in [7, 11) is 0. The van der Waals surface area contributed by atoms with Crippen molar-refractivity contribution in [2.45, 2.75) is 33.8 Å². The van der Waals surface area contributed by atoms with Crippen LogP contribution in [0, 0.1) is 5.92 Å². The van der Waals surface area contributed by atoms with Crippen molar-refractivity contribution in [1.29, 1.82) is 0 Å². The molecule has 15 heavy (non-hydrogen) atoms. The zero-order chi connectivity index (χ0) is 11.0. The number of aliphatic hydroxyl groups is 1. The summed E-state index contributed by atoms with van der Waals surface area (Å²) in [4.78, 5) is 0. The molecule has 0 aliphatic heterocycles. The minimum Gasteiger partial charge on any atom is -0.399 e. The van der Waals surface area contributed by atoms with E-state index in [4.69, 9.17) is 10.8 Å². The third kappa shape index (κ3) is 10.4. The first kappa shape index (κ1) is 17.5. The summed E-state index contributed by atoms with van der Waals surface area (Å²) in [6.45, 7) is 6.73. The van der Waals surface area contributed by atoms with Crippen LogP contribution in [0.5, 0.6) is 0 Å². The number of nitrogen functional groups attached to an aromatic ring is 1. The van der Waals surface area contributed by atoms with E-state index in [1.165, 1.54) is 6.42 Å². The number of anilines is 1. The van der Waals surface area contributed by atoms with Gasteiger partial charge in [0.1, 0.15) is 0 Å². The molecule has 1 rings (SSSR count). The zero-order valence-electron chi connectivity index (χ0n) is 9.90. The molecule has 1 radical (unpaired) electrons. The quantitative estimate of drug-likeness (QED) is 0.820. The van der Waals surface area contributed by atoms with Gasteiger partial charge in [0, 0.05) is 38.4 Å². The molecule has 1 aromatic carbocycles. The monoisotopic (exact) mass is 284 g/mol. The first-order chi connectivity index (χ1) is 6.60. The fraction of sp³-hybridized carbons (Fsp3) is 0.500. The third-order valence-electron chi connectivity index (χ3n) is 1.98. The van der Waals surface area contributed by atoms with Gasteiger partial charge in [-0.05, 0) is 23.6 Å². The van der Waals surface area contributed by atoms with E-state index in [1.54, 1.807) is 24.3 Å². The number of hydrogen-bond donors (Lipinski definition) is 2. The summed E-state index contributed by atoms with van der Waals surface area (Å²) in [5.41, 5.74) is 7.02. The summed E-state index contributed by atoms with van der Waals surface area (Å²) in [6.07, 6.45) is 1.31. The van der Waals surface area contributed by atoms with Crippen LogP contribution in [0.1, 0.15) is 32.8 Å². The molecule has 0 aromatic heterocycles. The second kappa shape index (κ2) is 10.6. The molecular weight excluding hydrogens is 263 g/mol. The van der Waals surface area contributed by atoms with Crippen LogP contribution in [0.25, 0.3) is 0 Å². The standard InChI is InChI=1S/C7H9NO.C5H12.Y/c8-7-3-1-6(5-9)2-4-7;1-4-5(2)3;/h1-4,9H,5,8H2;5H,4H2,1-3H3;. The van der Waals surface area contributed by atoms with E-state index in [-0.39, 0.29) is 39.3 Å². The van der Waals surface area contributed by atoms with Crippen molar-refractivity contribution in [3.05, 3.63) is 29.8 Å². The summed E-state index contributed by atoms with van der Waals surface area (Å²) in [5, 5.41) is 8.59. The maximum atomic E-state index is 8.59. The van der Waals surface area contributed by atoms with Crippen molar-refractivity contribution >= 4 is 5.69 Å². The first-order valence-corrected chi connectivity index (χ1v) is 5.05. The van der Waals surface area contributed by atoms with Crippen LogP contribution in [-0.2, 0) is 39.3 Å². The Kier molecular flexibility index (Phi) is 12.3. The summed E-state index contributed by atoms with van der Waals surface area (Å²) < 4.78 is 0. The van der Waals surface area contributed by atoms with Crippen LogP contribution in [-0.4, -0.2) is 5.11 Å². The SMILES string of the molecule is CCC(C)C.Nc1ccc(CO)cc1.[Y]. The third-order valence-corrected chi connectivity index (χ3v) is 1.98. The van der Waals surface area contributed by atoms with E-state index in [1.807, 2.05) is 0 Å². The molecule has 1 aromatic rings. The van der Waals surface area contributed by atoms with Crippen molar-refractivity contribution in [3.8, 4) is 0 Å². The molecule has 0 amide bonds. The van der Waals surface area contributed by atoms with Gasteiger partial charge in [0.2, 0.25) is 0 Å². The maximum absolute atomic E-state index is 8.59. The van der Waals surface area contributed by atoms with Gasteiger partial charge in [0.15, 0.2) is 0 Å². The molecule has 0 bridgehead atoms. The number of benzene rings is 1. The van der Waals surface area contributed by atoms with Crippen molar-refractivity contribution in [1.82, 2.24) is 0 Å². The fourth-order valence-corrected chi connectivity index (χ4v) is 0.623. The molecule has 0 unspecified atom stereocenters. The molecular formula is C12H21NOY. The van der Waals surface area contributed by atoms with Crippen molar-refractivity contribution in [3.63, 3.8) is 0 Å². The molecule has 0 aliphatic carbocycles. The molecule has 0 aliphatic rings. The van der Waals surface area contributed by atoms with Crippen LogP contribution in [0.2, 0.25) is 0 Å². The molecule has 3 N–H and O–H groups in total. The number of rotatable bonds is 2. The van der Waals surface area contributed by atoms with E-state index in [0.29, 0.717) is 0 Å². The van der Waals surface area contributed by atoms with Gasteiger partial charge < -0.3 is 10.8 Å². The van der Waals surface area contributed by atoms with Gasteiger partial charge in [0.05, 0.1) is 6.61 Å². The molecule has 0 atom stereocenters. The van der Waals surface area contributed by atoms with Gasteiger partial charge in [-0.3, -0.25) is 0 Å². The second-order valence-electron chi connectivity index (χ2n) is 3.70. The predicted octanol–water partition coefficient (Wildman–Crippen LogP) is 2.81. The fourth-order valence-electron chi connectivity index (χ4n) is 0.623. The van der Waals surface area contributed by atoms with Crippen LogP contribution in [0.4, 0.5) is 5.69 Å². The number of hydrogen-bond acceptors (Lipinski definition) is 2. The molecule has 0 saturated heterocycles. The summed E-state index contributed by atoms with van der Waals surface area (Å²) in [6, 6.07) is 7.14. The van der Waals surface area contributed by atoms with Gasteiger partial charge in [0.25, 0.3) is 0 Å². The van der Waals surface area contributed by atoms with E-state index >= 15 is 0 Å². The Morgan fingerprint density at radius 3 is 1.87 bits per heavy atom. The molecule has 2 nitrogen and oxygen atoms in total. The van der Waals surface area contributed by atoms with Crippen molar-refractivity contribution in [2.24, 2.45) is 5.92 Å². The van der Waals surface area contributed by atoms with Gasteiger partial charge in [-0.25, -0.2) is 0 Å². The van der Waals surface area contributed by atoms with E-state index in [2.05, 4.69) is 20.8 Å². The molecule has 0 saturated carbocycles. The van der Waals surface area contributed by atoms with Crippen molar-refractivity contribution in [2.75, 3.05) is 5.73 Å². The predicted molar refractivity (Wildman–Crippen MR) is 61.9 cm³/mol. The van der Waals surface area contributed by atoms with Crippen LogP contribution < -0.4 is 5.73 Å². The van der Waals surface area contributed by atoms with Crippen LogP contribution >= 0.6 is 0 Å². The molecule has 3 heteroatoms. The Labute approximate surface area is 118 Å². The first-order valence-electron chi connectivity index (χ1n) is 5.05. The average molecular weight is 284 g/mol.